The van der Waals surface area contributed by atoms with Gasteiger partial charge in [-0.25, -0.2) is 9.97 Å². The molecule has 0 radical (unpaired) electrons. The summed E-state index contributed by atoms with van der Waals surface area (Å²) in [6.45, 7) is 6.03. The molecule has 0 spiro atoms. The minimum atomic E-state index is -0.00682. The normalized spacial score (nSPS) is 24.3. The van der Waals surface area contributed by atoms with E-state index in [0.29, 0.717) is 19.0 Å². The van der Waals surface area contributed by atoms with Crippen LogP contribution < -0.4 is 5.32 Å². The van der Waals surface area contributed by atoms with Gasteiger partial charge in [0.1, 0.15) is 18.8 Å². The van der Waals surface area contributed by atoms with E-state index in [0.717, 1.165) is 28.5 Å². The number of ether oxygens (including phenoxy) is 1. The van der Waals surface area contributed by atoms with Crippen molar-refractivity contribution in [1.82, 2.24) is 19.8 Å². The molecular formula is C21H29N5O2S. The van der Waals surface area contributed by atoms with E-state index in [1.807, 2.05) is 16.3 Å². The Morgan fingerprint density at radius 1 is 1.14 bits per heavy atom. The molecule has 2 aromatic rings. The van der Waals surface area contributed by atoms with Crippen LogP contribution in [0.3, 0.4) is 0 Å². The van der Waals surface area contributed by atoms with Crippen LogP contribution >= 0.6 is 11.3 Å². The number of fused-ring (bicyclic) bond motifs is 1. The smallest absolute Gasteiger partial charge is 0.248 e. The molecule has 2 saturated heterocycles. The van der Waals surface area contributed by atoms with Crippen molar-refractivity contribution in [3.63, 3.8) is 0 Å². The third-order valence-corrected chi connectivity index (χ3v) is 7.27. The zero-order valence-corrected chi connectivity index (χ0v) is 17.6. The number of piperidine rings is 1. The van der Waals surface area contributed by atoms with Gasteiger partial charge in [0, 0.05) is 26.2 Å². The maximum atomic E-state index is 12.4. The predicted octanol–water partition coefficient (Wildman–Crippen LogP) is 2.45. The number of nitrogens with one attached hydrogen (secondary N) is 1. The number of anilines is 1. The second-order valence-electron chi connectivity index (χ2n) is 8.66. The van der Waals surface area contributed by atoms with E-state index in [-0.39, 0.29) is 18.6 Å². The van der Waals surface area contributed by atoms with Gasteiger partial charge in [0.15, 0.2) is 0 Å². The van der Waals surface area contributed by atoms with E-state index in [1.54, 1.807) is 17.7 Å². The summed E-state index contributed by atoms with van der Waals surface area (Å²) < 4.78 is 6.85. The Morgan fingerprint density at radius 2 is 1.97 bits per heavy atom. The van der Waals surface area contributed by atoms with Crippen molar-refractivity contribution in [2.24, 2.45) is 11.8 Å². The summed E-state index contributed by atoms with van der Waals surface area (Å²) in [7, 11) is 0. The lowest BCUT2D eigenvalue weighted by Gasteiger charge is -2.38. The minimum absolute atomic E-state index is 0.00682. The average Bonchev–Trinajstić information content (AvgIpc) is 3.42. The molecule has 29 heavy (non-hydrogen) atoms. The van der Waals surface area contributed by atoms with E-state index in [2.05, 4.69) is 20.2 Å². The molecule has 5 rings (SSSR count). The molecule has 1 amide bonds. The van der Waals surface area contributed by atoms with Crippen LogP contribution in [-0.2, 0) is 9.53 Å². The molecule has 3 aliphatic rings. The zero-order chi connectivity index (χ0) is 19.6. The van der Waals surface area contributed by atoms with E-state index in [9.17, 15) is 4.79 Å². The van der Waals surface area contributed by atoms with Crippen molar-refractivity contribution in [3.8, 4) is 0 Å². The average molecular weight is 416 g/mol. The van der Waals surface area contributed by atoms with Crippen molar-refractivity contribution < 1.29 is 9.53 Å². The molecule has 8 heteroatoms. The van der Waals surface area contributed by atoms with Crippen LogP contribution in [0.1, 0.15) is 25.7 Å². The van der Waals surface area contributed by atoms with Crippen molar-refractivity contribution in [2.45, 2.75) is 31.8 Å². The number of morpholine rings is 1. The number of hydrogen-bond acceptors (Lipinski definition) is 7. The van der Waals surface area contributed by atoms with Gasteiger partial charge in [0.05, 0.1) is 16.3 Å². The fraction of sp³-hybridized carbons (Fsp3) is 0.667. The highest BCUT2D eigenvalue weighted by molar-refractivity contribution is 7.17. The number of hydrogen-bond donors (Lipinski definition) is 1. The second-order valence-corrected chi connectivity index (χ2v) is 9.57. The SMILES string of the molecule is O=C1CO[C@H](CNc2ncnc3ccsc23)CN1CC1CCN(CC2CC2)CC1. The van der Waals surface area contributed by atoms with Gasteiger partial charge >= 0.3 is 0 Å². The third kappa shape index (κ3) is 4.70. The minimum Gasteiger partial charge on any atom is -0.366 e. The van der Waals surface area contributed by atoms with Crippen LogP contribution in [0.5, 0.6) is 0 Å². The fourth-order valence-corrected chi connectivity index (χ4v) is 5.25. The number of carbonyl (C=O) groups is 1. The molecule has 1 atom stereocenters. The van der Waals surface area contributed by atoms with Gasteiger partial charge in [-0.15, -0.1) is 11.3 Å². The molecule has 2 aromatic heterocycles. The molecule has 1 aliphatic carbocycles. The Labute approximate surface area is 175 Å². The summed E-state index contributed by atoms with van der Waals surface area (Å²) >= 11 is 1.64. The number of carbonyl (C=O) groups excluding carboxylic acids is 1. The molecule has 0 unspecified atom stereocenters. The maximum absolute atomic E-state index is 12.4. The summed E-state index contributed by atoms with van der Waals surface area (Å²) in [5.74, 6) is 2.56. The summed E-state index contributed by atoms with van der Waals surface area (Å²) in [6.07, 6.45) is 6.84. The van der Waals surface area contributed by atoms with Gasteiger partial charge in [-0.3, -0.25) is 4.79 Å². The Morgan fingerprint density at radius 3 is 2.79 bits per heavy atom. The van der Waals surface area contributed by atoms with Gasteiger partial charge in [-0.1, -0.05) is 0 Å². The van der Waals surface area contributed by atoms with Gasteiger partial charge in [-0.05, 0) is 62.1 Å². The van der Waals surface area contributed by atoms with Crippen LogP contribution in [0.2, 0.25) is 0 Å². The van der Waals surface area contributed by atoms with E-state index >= 15 is 0 Å². The highest BCUT2D eigenvalue weighted by atomic mass is 32.1. The monoisotopic (exact) mass is 415 g/mol. The summed E-state index contributed by atoms with van der Waals surface area (Å²) in [5, 5.41) is 5.43. The van der Waals surface area contributed by atoms with E-state index < -0.39 is 0 Å². The quantitative estimate of drug-likeness (QED) is 0.749. The van der Waals surface area contributed by atoms with Crippen LogP contribution in [0.15, 0.2) is 17.8 Å². The molecule has 156 valence electrons. The highest BCUT2D eigenvalue weighted by Gasteiger charge is 2.31. The largest absolute Gasteiger partial charge is 0.366 e. The molecule has 2 aliphatic heterocycles. The lowest BCUT2D eigenvalue weighted by atomic mass is 9.95. The van der Waals surface area contributed by atoms with Gasteiger partial charge in [0.2, 0.25) is 5.91 Å². The first-order valence-corrected chi connectivity index (χ1v) is 11.7. The second kappa shape index (κ2) is 8.53. The highest BCUT2D eigenvalue weighted by Crippen LogP contribution is 2.31. The van der Waals surface area contributed by atoms with E-state index in [4.69, 9.17) is 4.74 Å². The fourth-order valence-electron chi connectivity index (χ4n) is 4.43. The first-order valence-electron chi connectivity index (χ1n) is 10.8. The number of aromatic nitrogens is 2. The van der Waals surface area contributed by atoms with Gasteiger partial charge < -0.3 is 19.9 Å². The lowest BCUT2D eigenvalue weighted by Crippen LogP contribution is -2.51. The Kier molecular flexibility index (Phi) is 5.65. The van der Waals surface area contributed by atoms with Crippen LogP contribution in [0.4, 0.5) is 5.82 Å². The standard InChI is InChI=1S/C21H29N5O2S/c27-19-13-28-17(9-22-21-20-18(5-8-29-20)23-14-24-21)12-26(19)11-16-3-6-25(7-4-16)10-15-1-2-15/h5,8,14-17H,1-4,6-7,9-13H2,(H,22,23,24)/t17-/m1/s1. The topological polar surface area (TPSA) is 70.6 Å². The summed E-state index contributed by atoms with van der Waals surface area (Å²) in [6, 6.07) is 2.00. The maximum Gasteiger partial charge on any atom is 0.248 e. The third-order valence-electron chi connectivity index (χ3n) is 6.36. The molecular weight excluding hydrogens is 386 g/mol. The summed E-state index contributed by atoms with van der Waals surface area (Å²) in [4.78, 5) is 25.7. The Hall–Kier alpha value is -1.77. The molecule has 1 N–H and O–H groups in total. The number of likely N-dealkylation sites (tertiary alicyclic amines) is 1. The van der Waals surface area contributed by atoms with Gasteiger partial charge in [0.25, 0.3) is 0 Å². The van der Waals surface area contributed by atoms with Crippen LogP contribution in [0.25, 0.3) is 10.2 Å². The molecule has 7 nitrogen and oxygen atoms in total. The zero-order valence-electron chi connectivity index (χ0n) is 16.8. The Balaban J connectivity index is 1.11. The number of rotatable bonds is 7. The van der Waals surface area contributed by atoms with Crippen molar-refractivity contribution in [3.05, 3.63) is 17.8 Å². The number of thiophene rings is 1. The van der Waals surface area contributed by atoms with Crippen molar-refractivity contribution >= 4 is 33.3 Å². The molecule has 1 saturated carbocycles. The molecule has 3 fully saturated rings. The van der Waals surface area contributed by atoms with Crippen molar-refractivity contribution in [1.29, 1.82) is 0 Å². The molecule has 4 heterocycles. The molecule has 0 aromatic carbocycles. The van der Waals surface area contributed by atoms with E-state index in [1.165, 1.54) is 45.3 Å². The van der Waals surface area contributed by atoms with Gasteiger partial charge in [-0.2, -0.15) is 0 Å². The van der Waals surface area contributed by atoms with Crippen LogP contribution in [-0.4, -0.2) is 77.7 Å². The first-order chi connectivity index (χ1) is 14.2. The number of amides is 1. The first kappa shape index (κ1) is 19.2. The predicted molar refractivity (Wildman–Crippen MR) is 114 cm³/mol. The number of nitrogens with zero attached hydrogens (tertiary/aromatic N) is 4. The Bertz CT molecular complexity index is 846. The summed E-state index contributed by atoms with van der Waals surface area (Å²) in [5.41, 5.74) is 0.960. The van der Waals surface area contributed by atoms with Crippen LogP contribution in [0, 0.1) is 11.8 Å². The van der Waals surface area contributed by atoms with Crippen molar-refractivity contribution in [2.75, 3.05) is 51.2 Å². The lowest BCUT2D eigenvalue weighted by molar-refractivity contribution is -0.149. The molecule has 0 bridgehead atoms.